The highest BCUT2D eigenvalue weighted by atomic mass is 16.6. The van der Waals surface area contributed by atoms with Crippen LogP contribution < -0.4 is 10.1 Å². The summed E-state index contributed by atoms with van der Waals surface area (Å²) in [6, 6.07) is 3.03. The van der Waals surface area contributed by atoms with Crippen molar-refractivity contribution in [3.05, 3.63) is 22.2 Å². The number of ether oxygens (including phenoxy) is 1. The Morgan fingerprint density at radius 1 is 1.56 bits per heavy atom. The van der Waals surface area contributed by atoms with Crippen LogP contribution in [0.15, 0.2) is 12.1 Å². The second-order valence-corrected chi connectivity index (χ2v) is 4.17. The van der Waals surface area contributed by atoms with E-state index in [-0.39, 0.29) is 17.5 Å². The lowest BCUT2D eigenvalue weighted by atomic mass is 10.1. The van der Waals surface area contributed by atoms with E-state index in [1.54, 1.807) is 0 Å². The maximum atomic E-state index is 10.9. The Hall–Kier alpha value is -1.85. The molecule has 0 saturated heterocycles. The van der Waals surface area contributed by atoms with Gasteiger partial charge in [0.15, 0.2) is 0 Å². The molecule has 0 aromatic carbocycles. The molecular formula is C12H19N3O3. The van der Waals surface area contributed by atoms with Gasteiger partial charge in [-0.25, -0.2) is 0 Å². The maximum Gasteiger partial charge on any atom is 0.311 e. The number of hydrogen-bond donors (Lipinski definition) is 1. The van der Waals surface area contributed by atoms with Crippen LogP contribution >= 0.6 is 0 Å². The fraction of sp³-hybridized carbons (Fsp3) is 0.583. The number of nitrogens with one attached hydrogen (secondary N) is 1. The van der Waals surface area contributed by atoms with Gasteiger partial charge < -0.3 is 10.1 Å². The standard InChI is InChI=1S/C12H19N3O3/c1-4-5-6-9(2)13-12-10(15(16)17)7-8-11(14-12)18-3/h7-9H,4-6H2,1-3H3,(H,13,14). The van der Waals surface area contributed by atoms with Crippen molar-refractivity contribution in [2.24, 2.45) is 0 Å². The summed E-state index contributed by atoms with van der Waals surface area (Å²) in [5.74, 6) is 0.633. The second-order valence-electron chi connectivity index (χ2n) is 4.17. The number of methoxy groups -OCH3 is 1. The first-order chi connectivity index (χ1) is 8.58. The average molecular weight is 253 g/mol. The van der Waals surface area contributed by atoms with Gasteiger partial charge in [-0.3, -0.25) is 10.1 Å². The van der Waals surface area contributed by atoms with Crippen LogP contribution in [-0.4, -0.2) is 23.1 Å². The summed E-state index contributed by atoms with van der Waals surface area (Å²) in [7, 11) is 1.48. The summed E-state index contributed by atoms with van der Waals surface area (Å²) in [6.45, 7) is 4.10. The average Bonchev–Trinajstić information content (AvgIpc) is 2.35. The third-order valence-electron chi connectivity index (χ3n) is 2.63. The first kappa shape index (κ1) is 14.2. The number of nitrogens with zero attached hydrogens (tertiary/aromatic N) is 2. The summed E-state index contributed by atoms with van der Waals surface area (Å²) in [5.41, 5.74) is -0.0286. The molecule has 0 radical (unpaired) electrons. The summed E-state index contributed by atoms with van der Waals surface area (Å²) in [4.78, 5) is 14.5. The molecule has 6 nitrogen and oxygen atoms in total. The number of hydrogen-bond acceptors (Lipinski definition) is 5. The van der Waals surface area contributed by atoms with Gasteiger partial charge in [0.25, 0.3) is 0 Å². The van der Waals surface area contributed by atoms with E-state index in [1.165, 1.54) is 19.2 Å². The summed E-state index contributed by atoms with van der Waals surface area (Å²) in [6.07, 6.45) is 3.12. The van der Waals surface area contributed by atoms with Crippen LogP contribution in [0.2, 0.25) is 0 Å². The van der Waals surface area contributed by atoms with E-state index in [2.05, 4.69) is 17.2 Å². The Kier molecular flexibility index (Phi) is 5.35. The molecule has 1 unspecified atom stereocenters. The minimum atomic E-state index is -0.443. The zero-order chi connectivity index (χ0) is 13.5. The molecule has 0 aliphatic heterocycles. The predicted molar refractivity (Wildman–Crippen MR) is 70.1 cm³/mol. The molecule has 0 aliphatic rings. The zero-order valence-electron chi connectivity index (χ0n) is 11.0. The lowest BCUT2D eigenvalue weighted by molar-refractivity contribution is -0.384. The first-order valence-electron chi connectivity index (χ1n) is 6.04. The number of pyridine rings is 1. The molecule has 1 atom stereocenters. The molecule has 1 rings (SSSR count). The lowest BCUT2D eigenvalue weighted by Crippen LogP contribution is -2.17. The van der Waals surface area contributed by atoms with Crippen LogP contribution in [0, 0.1) is 10.1 Å². The van der Waals surface area contributed by atoms with Gasteiger partial charge in [0.2, 0.25) is 11.7 Å². The van der Waals surface area contributed by atoms with Crippen molar-refractivity contribution < 1.29 is 9.66 Å². The topological polar surface area (TPSA) is 77.3 Å². The molecule has 0 fully saturated rings. The van der Waals surface area contributed by atoms with Crippen molar-refractivity contribution >= 4 is 11.5 Å². The Labute approximate surface area is 107 Å². The number of aromatic nitrogens is 1. The zero-order valence-corrected chi connectivity index (χ0v) is 11.0. The van der Waals surface area contributed by atoms with E-state index >= 15 is 0 Å². The van der Waals surface area contributed by atoms with Gasteiger partial charge in [-0.15, -0.1) is 0 Å². The summed E-state index contributed by atoms with van der Waals surface area (Å²) in [5, 5.41) is 14.0. The van der Waals surface area contributed by atoms with E-state index in [0.717, 1.165) is 19.3 Å². The molecular weight excluding hydrogens is 234 g/mol. The van der Waals surface area contributed by atoms with Crippen LogP contribution in [0.1, 0.15) is 33.1 Å². The first-order valence-corrected chi connectivity index (χ1v) is 6.04. The quantitative estimate of drug-likeness (QED) is 0.597. The van der Waals surface area contributed by atoms with E-state index in [1.807, 2.05) is 6.92 Å². The highest BCUT2D eigenvalue weighted by Crippen LogP contribution is 2.25. The molecule has 1 aromatic rings. The second kappa shape index (κ2) is 6.78. The van der Waals surface area contributed by atoms with Gasteiger partial charge in [-0.05, 0) is 13.3 Å². The van der Waals surface area contributed by atoms with Crippen molar-refractivity contribution in [3.8, 4) is 5.88 Å². The van der Waals surface area contributed by atoms with Crippen molar-refractivity contribution in [1.82, 2.24) is 4.98 Å². The summed E-state index contributed by atoms with van der Waals surface area (Å²) >= 11 is 0. The fourth-order valence-electron chi connectivity index (χ4n) is 1.62. The smallest absolute Gasteiger partial charge is 0.311 e. The third-order valence-corrected chi connectivity index (χ3v) is 2.63. The molecule has 0 amide bonds. The highest BCUT2D eigenvalue weighted by Gasteiger charge is 2.17. The minimum Gasteiger partial charge on any atom is -0.481 e. The molecule has 1 heterocycles. The number of unbranched alkanes of at least 4 members (excludes halogenated alkanes) is 1. The van der Waals surface area contributed by atoms with Crippen LogP contribution in [0.25, 0.3) is 0 Å². The molecule has 1 aromatic heterocycles. The monoisotopic (exact) mass is 253 g/mol. The number of anilines is 1. The Bertz CT molecular complexity index is 410. The Balaban J connectivity index is 2.86. The van der Waals surface area contributed by atoms with E-state index in [9.17, 15) is 10.1 Å². The van der Waals surface area contributed by atoms with Crippen LogP contribution in [0.4, 0.5) is 11.5 Å². The Morgan fingerprint density at radius 3 is 2.83 bits per heavy atom. The van der Waals surface area contributed by atoms with Crippen molar-refractivity contribution in [2.45, 2.75) is 39.2 Å². The molecule has 1 N–H and O–H groups in total. The van der Waals surface area contributed by atoms with Crippen molar-refractivity contribution in [2.75, 3.05) is 12.4 Å². The molecule has 0 aliphatic carbocycles. The molecule has 18 heavy (non-hydrogen) atoms. The minimum absolute atomic E-state index is 0.0286. The molecule has 0 saturated carbocycles. The van der Waals surface area contributed by atoms with Crippen LogP contribution in [0.5, 0.6) is 5.88 Å². The lowest BCUT2D eigenvalue weighted by Gasteiger charge is -2.14. The van der Waals surface area contributed by atoms with Crippen LogP contribution in [-0.2, 0) is 0 Å². The van der Waals surface area contributed by atoms with E-state index in [0.29, 0.717) is 5.88 Å². The van der Waals surface area contributed by atoms with Gasteiger partial charge in [0.1, 0.15) is 0 Å². The molecule has 6 heteroatoms. The Morgan fingerprint density at radius 2 is 2.28 bits per heavy atom. The number of rotatable bonds is 7. The summed E-state index contributed by atoms with van der Waals surface area (Å²) < 4.78 is 4.98. The van der Waals surface area contributed by atoms with Gasteiger partial charge in [0.05, 0.1) is 12.0 Å². The largest absolute Gasteiger partial charge is 0.481 e. The molecule has 100 valence electrons. The predicted octanol–water partition coefficient (Wildman–Crippen LogP) is 2.99. The van der Waals surface area contributed by atoms with Gasteiger partial charge in [-0.1, -0.05) is 19.8 Å². The third kappa shape index (κ3) is 3.87. The van der Waals surface area contributed by atoms with Crippen LogP contribution in [0.3, 0.4) is 0 Å². The van der Waals surface area contributed by atoms with Gasteiger partial charge in [0, 0.05) is 18.2 Å². The maximum absolute atomic E-state index is 10.9. The normalized spacial score (nSPS) is 11.9. The molecule has 0 bridgehead atoms. The van der Waals surface area contributed by atoms with Gasteiger partial charge >= 0.3 is 5.69 Å². The van der Waals surface area contributed by atoms with Crippen molar-refractivity contribution in [3.63, 3.8) is 0 Å². The van der Waals surface area contributed by atoms with Crippen molar-refractivity contribution in [1.29, 1.82) is 0 Å². The van der Waals surface area contributed by atoms with E-state index < -0.39 is 4.92 Å². The number of nitro groups is 1. The van der Waals surface area contributed by atoms with E-state index in [4.69, 9.17) is 4.74 Å². The fourth-order valence-corrected chi connectivity index (χ4v) is 1.62. The van der Waals surface area contributed by atoms with Gasteiger partial charge in [-0.2, -0.15) is 4.98 Å². The molecule has 0 spiro atoms. The highest BCUT2D eigenvalue weighted by molar-refractivity contribution is 5.57. The SMILES string of the molecule is CCCCC(C)Nc1nc(OC)ccc1[N+](=O)[O-].